The molecule has 2 amide bonds. The molecule has 0 bridgehead atoms. The molecule has 8 nitrogen and oxygen atoms in total. The molecular formula is C19H29N3O5S. The van der Waals surface area contributed by atoms with Gasteiger partial charge in [0.25, 0.3) is 5.91 Å². The van der Waals surface area contributed by atoms with Gasteiger partial charge in [-0.3, -0.25) is 4.79 Å². The van der Waals surface area contributed by atoms with Gasteiger partial charge in [0.2, 0.25) is 10.0 Å². The van der Waals surface area contributed by atoms with Crippen molar-refractivity contribution in [2.45, 2.75) is 51.2 Å². The maximum atomic E-state index is 12.2. The highest BCUT2D eigenvalue weighted by Gasteiger charge is 2.33. The minimum Gasteiger partial charge on any atom is -0.444 e. The molecule has 0 unspecified atom stereocenters. The maximum Gasteiger partial charge on any atom is 0.410 e. The Balaban J connectivity index is 1.81. The zero-order chi connectivity index (χ0) is 21.1. The van der Waals surface area contributed by atoms with Crippen LogP contribution in [0.25, 0.3) is 0 Å². The van der Waals surface area contributed by atoms with Gasteiger partial charge in [-0.05, 0) is 58.9 Å². The van der Waals surface area contributed by atoms with Crippen LogP contribution in [0.1, 0.15) is 45.0 Å². The van der Waals surface area contributed by atoms with Crippen LogP contribution in [0, 0.1) is 5.92 Å². The van der Waals surface area contributed by atoms with Crippen LogP contribution in [-0.4, -0.2) is 56.6 Å². The van der Waals surface area contributed by atoms with Crippen LogP contribution >= 0.6 is 0 Å². The molecule has 0 spiro atoms. The molecule has 1 saturated heterocycles. The van der Waals surface area contributed by atoms with E-state index < -0.39 is 15.6 Å². The summed E-state index contributed by atoms with van der Waals surface area (Å²) in [5.74, 6) is -0.108. The molecule has 0 atom stereocenters. The van der Waals surface area contributed by atoms with Gasteiger partial charge in [-0.2, -0.15) is 0 Å². The van der Waals surface area contributed by atoms with Gasteiger partial charge in [-0.25, -0.2) is 17.9 Å². The summed E-state index contributed by atoms with van der Waals surface area (Å²) in [4.78, 5) is 25.9. The fourth-order valence-electron chi connectivity index (χ4n) is 2.68. The van der Waals surface area contributed by atoms with Crippen molar-refractivity contribution in [3.8, 4) is 0 Å². The van der Waals surface area contributed by atoms with Crippen molar-refractivity contribution in [1.29, 1.82) is 0 Å². The molecule has 1 aromatic rings. The zero-order valence-corrected chi connectivity index (χ0v) is 17.8. The van der Waals surface area contributed by atoms with Gasteiger partial charge >= 0.3 is 6.09 Å². The third-order valence-corrected chi connectivity index (χ3v) is 5.65. The van der Waals surface area contributed by atoms with E-state index in [0.717, 1.165) is 0 Å². The molecule has 0 radical (unpaired) electrons. The molecule has 9 heteroatoms. The van der Waals surface area contributed by atoms with Crippen molar-refractivity contribution in [2.24, 2.45) is 5.92 Å². The molecule has 0 saturated carbocycles. The van der Waals surface area contributed by atoms with Gasteiger partial charge in [0, 0.05) is 37.2 Å². The van der Waals surface area contributed by atoms with Gasteiger partial charge < -0.3 is 15.0 Å². The van der Waals surface area contributed by atoms with E-state index in [4.69, 9.17) is 4.74 Å². The highest BCUT2D eigenvalue weighted by molar-refractivity contribution is 7.89. The second-order valence-corrected chi connectivity index (χ2v) is 9.98. The molecule has 1 aliphatic rings. The first kappa shape index (κ1) is 22.2. The van der Waals surface area contributed by atoms with E-state index in [1.807, 2.05) is 20.8 Å². The summed E-state index contributed by atoms with van der Waals surface area (Å²) in [6.07, 6.45) is -0.345. The Bertz CT molecular complexity index is 807. The van der Waals surface area contributed by atoms with Crippen LogP contribution in [0.15, 0.2) is 29.2 Å². The second kappa shape index (κ2) is 8.48. The quantitative estimate of drug-likeness (QED) is 0.745. The number of sulfonamides is 1. The first-order valence-corrected chi connectivity index (χ1v) is 10.7. The van der Waals surface area contributed by atoms with Gasteiger partial charge in [0.15, 0.2) is 0 Å². The van der Waals surface area contributed by atoms with E-state index in [9.17, 15) is 18.0 Å². The third kappa shape index (κ3) is 6.20. The monoisotopic (exact) mass is 411 g/mol. The number of rotatable bonds is 6. The van der Waals surface area contributed by atoms with Crippen molar-refractivity contribution in [2.75, 3.05) is 19.6 Å². The smallest absolute Gasteiger partial charge is 0.410 e. The minimum absolute atomic E-state index is 0.116. The summed E-state index contributed by atoms with van der Waals surface area (Å²) >= 11 is 0. The van der Waals surface area contributed by atoms with Gasteiger partial charge in [0.05, 0.1) is 4.90 Å². The number of ether oxygens (including phenoxy) is 1. The van der Waals surface area contributed by atoms with Crippen LogP contribution in [-0.2, 0) is 14.8 Å². The average Bonchev–Trinajstić information content (AvgIpc) is 2.50. The van der Waals surface area contributed by atoms with Crippen LogP contribution in [0.5, 0.6) is 0 Å². The van der Waals surface area contributed by atoms with Gasteiger partial charge in [-0.1, -0.05) is 0 Å². The normalized spacial score (nSPS) is 15.3. The number of nitrogens with one attached hydrogen (secondary N) is 2. The maximum absolute atomic E-state index is 12.2. The molecule has 1 heterocycles. The van der Waals surface area contributed by atoms with Crippen LogP contribution in [0.4, 0.5) is 4.79 Å². The van der Waals surface area contributed by atoms with Crippen LogP contribution < -0.4 is 10.0 Å². The predicted octanol–water partition coefficient (Wildman–Crippen LogP) is 1.97. The fraction of sp³-hybridized carbons (Fsp3) is 0.579. The highest BCUT2D eigenvalue weighted by atomic mass is 32.2. The Morgan fingerprint density at radius 3 is 2.25 bits per heavy atom. The topological polar surface area (TPSA) is 105 Å². The summed E-state index contributed by atoms with van der Waals surface area (Å²) in [6, 6.07) is 5.58. The number of carbonyl (C=O) groups excluding carboxylic acids is 2. The predicted molar refractivity (Wildman–Crippen MR) is 106 cm³/mol. The van der Waals surface area contributed by atoms with E-state index in [2.05, 4.69) is 10.0 Å². The number of carbonyl (C=O) groups is 2. The molecule has 2 N–H and O–H groups in total. The van der Waals surface area contributed by atoms with Gasteiger partial charge in [-0.15, -0.1) is 0 Å². The molecule has 0 aromatic heterocycles. The lowest BCUT2D eigenvalue weighted by atomic mass is 10.0. The average molecular weight is 412 g/mol. The zero-order valence-electron chi connectivity index (χ0n) is 17.0. The van der Waals surface area contributed by atoms with Crippen LogP contribution in [0.2, 0.25) is 0 Å². The number of likely N-dealkylation sites (tertiary alicyclic amines) is 1. The Hall–Kier alpha value is -2.13. The van der Waals surface area contributed by atoms with E-state index in [0.29, 0.717) is 25.2 Å². The molecule has 1 aliphatic heterocycles. The van der Waals surface area contributed by atoms with E-state index in [1.54, 1.807) is 18.7 Å². The second-order valence-electron chi connectivity index (χ2n) is 8.26. The molecule has 28 heavy (non-hydrogen) atoms. The summed E-state index contributed by atoms with van der Waals surface area (Å²) in [7, 11) is -3.58. The molecule has 1 aromatic carbocycles. The number of benzene rings is 1. The minimum atomic E-state index is -3.58. The Labute approximate surface area is 166 Å². The van der Waals surface area contributed by atoms with Crippen molar-refractivity contribution < 1.29 is 22.7 Å². The van der Waals surface area contributed by atoms with Crippen molar-refractivity contribution in [3.05, 3.63) is 29.8 Å². The molecule has 156 valence electrons. The Morgan fingerprint density at radius 2 is 1.75 bits per heavy atom. The molecule has 1 fully saturated rings. The lowest BCUT2D eigenvalue weighted by Crippen LogP contribution is -2.54. The molecular weight excluding hydrogens is 382 g/mol. The Kier molecular flexibility index (Phi) is 6.71. The van der Waals surface area contributed by atoms with E-state index in [-0.39, 0.29) is 28.9 Å². The summed E-state index contributed by atoms with van der Waals surface area (Å²) in [5, 5.41) is 2.82. The lowest BCUT2D eigenvalue weighted by molar-refractivity contribution is -0.000536. The fourth-order valence-corrected chi connectivity index (χ4v) is 3.93. The highest BCUT2D eigenvalue weighted by Crippen LogP contribution is 2.19. The van der Waals surface area contributed by atoms with Crippen LogP contribution in [0.3, 0.4) is 0 Å². The summed E-state index contributed by atoms with van der Waals surface area (Å²) in [5.41, 5.74) is -0.146. The van der Waals surface area contributed by atoms with Crippen molar-refractivity contribution in [3.63, 3.8) is 0 Å². The lowest BCUT2D eigenvalue weighted by Gasteiger charge is -2.39. The van der Waals surface area contributed by atoms with Crippen molar-refractivity contribution >= 4 is 22.0 Å². The number of hydrogen-bond acceptors (Lipinski definition) is 5. The number of hydrogen-bond donors (Lipinski definition) is 2. The number of amides is 2. The summed E-state index contributed by atoms with van der Waals surface area (Å²) in [6.45, 7) is 10.4. The SMILES string of the molecule is CC(C)NS(=O)(=O)c1ccc(C(=O)NCC2CN(C(=O)OC(C)(C)C)C2)cc1. The first-order chi connectivity index (χ1) is 12.9. The number of nitrogens with zero attached hydrogens (tertiary/aromatic N) is 1. The van der Waals surface area contributed by atoms with E-state index >= 15 is 0 Å². The Morgan fingerprint density at radius 1 is 1.18 bits per heavy atom. The van der Waals surface area contributed by atoms with Gasteiger partial charge in [0.1, 0.15) is 5.60 Å². The molecule has 2 rings (SSSR count). The largest absolute Gasteiger partial charge is 0.444 e. The van der Waals surface area contributed by atoms with E-state index in [1.165, 1.54) is 24.3 Å². The standard InChI is InChI=1S/C19H29N3O5S/c1-13(2)21-28(25,26)16-8-6-15(7-9-16)17(23)20-10-14-11-22(12-14)18(24)27-19(3,4)5/h6-9,13-14,21H,10-12H2,1-5H3,(H,20,23). The van der Waals surface area contributed by atoms with Crippen molar-refractivity contribution in [1.82, 2.24) is 14.9 Å². The first-order valence-electron chi connectivity index (χ1n) is 9.26. The third-order valence-electron chi connectivity index (χ3n) is 3.98. The summed E-state index contributed by atoms with van der Waals surface area (Å²) < 4.78 is 32.0. The molecule has 0 aliphatic carbocycles.